The van der Waals surface area contributed by atoms with Gasteiger partial charge < -0.3 is 5.32 Å². The van der Waals surface area contributed by atoms with Crippen LogP contribution in [0.15, 0.2) is 24.5 Å². The summed E-state index contributed by atoms with van der Waals surface area (Å²) in [5.74, 6) is 0. The van der Waals surface area contributed by atoms with Crippen LogP contribution in [0, 0.1) is 0 Å². The van der Waals surface area contributed by atoms with Crippen molar-refractivity contribution in [2.75, 3.05) is 6.54 Å². The summed E-state index contributed by atoms with van der Waals surface area (Å²) in [4.78, 5) is 4.00. The van der Waals surface area contributed by atoms with Gasteiger partial charge in [0.1, 0.15) is 0 Å². The molecule has 2 nitrogen and oxygen atoms in total. The number of nitrogens with zero attached hydrogens (tertiary/aromatic N) is 1. The first-order valence-electron chi connectivity index (χ1n) is 5.45. The zero-order valence-corrected chi connectivity index (χ0v) is 9.16. The van der Waals surface area contributed by atoms with Crippen LogP contribution in [-0.2, 0) is 6.42 Å². The third kappa shape index (κ3) is 4.38. The maximum absolute atomic E-state index is 4.00. The second-order valence-electron chi connectivity index (χ2n) is 3.75. The molecule has 0 radical (unpaired) electrons. The van der Waals surface area contributed by atoms with Crippen molar-refractivity contribution < 1.29 is 0 Å². The van der Waals surface area contributed by atoms with Crippen LogP contribution in [0.4, 0.5) is 0 Å². The normalized spacial score (nSPS) is 12.7. The number of rotatable bonds is 6. The fourth-order valence-electron chi connectivity index (χ4n) is 1.55. The van der Waals surface area contributed by atoms with Crippen molar-refractivity contribution in [3.8, 4) is 0 Å². The maximum Gasteiger partial charge on any atom is 0.0270 e. The Morgan fingerprint density at radius 1 is 1.36 bits per heavy atom. The average molecular weight is 192 g/mol. The van der Waals surface area contributed by atoms with Gasteiger partial charge in [0.15, 0.2) is 0 Å². The quantitative estimate of drug-likeness (QED) is 0.748. The molecule has 0 fully saturated rings. The predicted octanol–water partition coefficient (Wildman–Crippen LogP) is 2.40. The van der Waals surface area contributed by atoms with Crippen molar-refractivity contribution >= 4 is 0 Å². The van der Waals surface area contributed by atoms with E-state index in [2.05, 4.69) is 36.3 Å². The van der Waals surface area contributed by atoms with E-state index in [4.69, 9.17) is 0 Å². The van der Waals surface area contributed by atoms with Gasteiger partial charge in [-0.25, -0.2) is 0 Å². The van der Waals surface area contributed by atoms with Crippen LogP contribution in [0.3, 0.4) is 0 Å². The highest BCUT2D eigenvalue weighted by molar-refractivity contribution is 5.09. The van der Waals surface area contributed by atoms with Gasteiger partial charge in [-0.05, 0) is 44.0 Å². The first-order valence-corrected chi connectivity index (χ1v) is 5.45. The molecule has 0 saturated heterocycles. The van der Waals surface area contributed by atoms with Crippen molar-refractivity contribution in [3.05, 3.63) is 30.1 Å². The van der Waals surface area contributed by atoms with Crippen LogP contribution in [0.1, 0.15) is 32.3 Å². The summed E-state index contributed by atoms with van der Waals surface area (Å²) in [5, 5.41) is 3.51. The van der Waals surface area contributed by atoms with E-state index in [9.17, 15) is 0 Å². The zero-order chi connectivity index (χ0) is 10.2. The van der Waals surface area contributed by atoms with Gasteiger partial charge in [0.2, 0.25) is 0 Å². The summed E-state index contributed by atoms with van der Waals surface area (Å²) in [6.45, 7) is 5.53. The molecule has 0 aliphatic rings. The highest BCUT2D eigenvalue weighted by Gasteiger charge is 1.98. The van der Waals surface area contributed by atoms with E-state index in [1.807, 2.05) is 12.4 Å². The molecule has 1 aromatic heterocycles. The lowest BCUT2D eigenvalue weighted by Crippen LogP contribution is -2.27. The fourth-order valence-corrected chi connectivity index (χ4v) is 1.55. The third-order valence-electron chi connectivity index (χ3n) is 2.38. The van der Waals surface area contributed by atoms with Gasteiger partial charge in [-0.3, -0.25) is 4.98 Å². The van der Waals surface area contributed by atoms with Gasteiger partial charge in [0.05, 0.1) is 0 Å². The predicted molar refractivity (Wildman–Crippen MR) is 60.3 cm³/mol. The summed E-state index contributed by atoms with van der Waals surface area (Å²) in [7, 11) is 0. The minimum atomic E-state index is 0.641. The van der Waals surface area contributed by atoms with Crippen LogP contribution in [-0.4, -0.2) is 17.6 Å². The Hall–Kier alpha value is -0.890. The van der Waals surface area contributed by atoms with Gasteiger partial charge in [-0.1, -0.05) is 13.3 Å². The molecule has 0 aromatic carbocycles. The summed E-state index contributed by atoms with van der Waals surface area (Å²) in [6, 6.07) is 4.79. The number of aromatic nitrogens is 1. The summed E-state index contributed by atoms with van der Waals surface area (Å²) < 4.78 is 0. The monoisotopic (exact) mass is 192 g/mol. The second-order valence-corrected chi connectivity index (χ2v) is 3.75. The molecule has 0 aliphatic carbocycles. The van der Waals surface area contributed by atoms with Crippen molar-refractivity contribution in [1.82, 2.24) is 10.3 Å². The zero-order valence-electron chi connectivity index (χ0n) is 9.16. The van der Waals surface area contributed by atoms with Crippen LogP contribution >= 0.6 is 0 Å². The maximum atomic E-state index is 4.00. The average Bonchev–Trinajstić information content (AvgIpc) is 2.20. The van der Waals surface area contributed by atoms with Crippen LogP contribution in [0.2, 0.25) is 0 Å². The molecule has 0 saturated carbocycles. The molecule has 0 spiro atoms. The molecule has 78 valence electrons. The van der Waals surface area contributed by atoms with Gasteiger partial charge in [0, 0.05) is 18.4 Å². The van der Waals surface area contributed by atoms with E-state index < -0.39 is 0 Å². The van der Waals surface area contributed by atoms with E-state index >= 15 is 0 Å². The van der Waals surface area contributed by atoms with E-state index in [-0.39, 0.29) is 0 Å². The SMILES string of the molecule is CCCC(C)NCCc1ccncc1. The molecule has 1 unspecified atom stereocenters. The Morgan fingerprint density at radius 2 is 2.07 bits per heavy atom. The first kappa shape index (κ1) is 11.2. The molecule has 1 N–H and O–H groups in total. The standard InChI is InChI=1S/C12H20N2/c1-3-4-11(2)14-10-7-12-5-8-13-9-6-12/h5-6,8-9,11,14H,3-4,7,10H2,1-2H3. The fraction of sp³-hybridized carbons (Fsp3) is 0.583. The molecule has 1 heterocycles. The van der Waals surface area contributed by atoms with Crippen molar-refractivity contribution in [2.45, 2.75) is 39.2 Å². The van der Waals surface area contributed by atoms with E-state index in [1.54, 1.807) is 0 Å². The third-order valence-corrected chi connectivity index (χ3v) is 2.38. The van der Waals surface area contributed by atoms with Crippen molar-refractivity contribution in [2.24, 2.45) is 0 Å². The second kappa shape index (κ2) is 6.55. The molecule has 0 amide bonds. The molecule has 1 atom stereocenters. The van der Waals surface area contributed by atoms with Gasteiger partial charge >= 0.3 is 0 Å². The van der Waals surface area contributed by atoms with Gasteiger partial charge in [-0.15, -0.1) is 0 Å². The molecular weight excluding hydrogens is 172 g/mol. The summed E-state index contributed by atoms with van der Waals surface area (Å²) in [6.07, 6.45) is 7.31. The van der Waals surface area contributed by atoms with Crippen LogP contribution in [0.25, 0.3) is 0 Å². The Balaban J connectivity index is 2.16. The highest BCUT2D eigenvalue weighted by Crippen LogP contribution is 1.98. The molecule has 1 rings (SSSR count). The molecular formula is C12H20N2. The summed E-state index contributed by atoms with van der Waals surface area (Å²) in [5.41, 5.74) is 1.36. The van der Waals surface area contributed by atoms with Crippen molar-refractivity contribution in [3.63, 3.8) is 0 Å². The smallest absolute Gasteiger partial charge is 0.0270 e. The Morgan fingerprint density at radius 3 is 2.71 bits per heavy atom. The van der Waals surface area contributed by atoms with Gasteiger partial charge in [-0.2, -0.15) is 0 Å². The summed E-state index contributed by atoms with van der Waals surface area (Å²) >= 11 is 0. The van der Waals surface area contributed by atoms with Crippen molar-refractivity contribution in [1.29, 1.82) is 0 Å². The molecule has 0 aliphatic heterocycles. The lowest BCUT2D eigenvalue weighted by Gasteiger charge is -2.12. The van der Waals surface area contributed by atoms with E-state index in [0.717, 1.165) is 13.0 Å². The van der Waals surface area contributed by atoms with E-state index in [1.165, 1.54) is 18.4 Å². The number of hydrogen-bond donors (Lipinski definition) is 1. The molecule has 14 heavy (non-hydrogen) atoms. The minimum absolute atomic E-state index is 0.641. The molecule has 1 aromatic rings. The van der Waals surface area contributed by atoms with E-state index in [0.29, 0.717) is 6.04 Å². The number of hydrogen-bond acceptors (Lipinski definition) is 2. The Bertz CT molecular complexity index is 233. The number of nitrogens with one attached hydrogen (secondary N) is 1. The molecule has 2 heteroatoms. The topological polar surface area (TPSA) is 24.9 Å². The lowest BCUT2D eigenvalue weighted by molar-refractivity contribution is 0.512. The minimum Gasteiger partial charge on any atom is -0.314 e. The van der Waals surface area contributed by atoms with Crippen LogP contribution in [0.5, 0.6) is 0 Å². The van der Waals surface area contributed by atoms with Crippen LogP contribution < -0.4 is 5.32 Å². The lowest BCUT2D eigenvalue weighted by atomic mass is 10.1. The molecule has 0 bridgehead atoms. The highest BCUT2D eigenvalue weighted by atomic mass is 14.9. The largest absolute Gasteiger partial charge is 0.314 e. The first-order chi connectivity index (χ1) is 6.83. The Labute approximate surface area is 86.8 Å². The van der Waals surface area contributed by atoms with Gasteiger partial charge in [0.25, 0.3) is 0 Å². The number of pyridine rings is 1. The Kier molecular flexibility index (Phi) is 5.23.